The molecule has 0 radical (unpaired) electrons. The predicted molar refractivity (Wildman–Crippen MR) is 68.8 cm³/mol. The van der Waals surface area contributed by atoms with Crippen molar-refractivity contribution in [1.82, 2.24) is 20.1 Å². The van der Waals surface area contributed by atoms with Gasteiger partial charge < -0.3 is 5.32 Å². The zero-order chi connectivity index (χ0) is 11.9. The van der Waals surface area contributed by atoms with Crippen molar-refractivity contribution in [2.24, 2.45) is 13.0 Å². The van der Waals surface area contributed by atoms with Crippen molar-refractivity contribution < 1.29 is 0 Å². The first kappa shape index (κ1) is 12.6. The van der Waals surface area contributed by atoms with E-state index in [0.717, 1.165) is 31.3 Å². The summed E-state index contributed by atoms with van der Waals surface area (Å²) in [6.07, 6.45) is 11.3. The zero-order valence-electron chi connectivity index (χ0n) is 10.9. The third kappa shape index (κ3) is 4.46. The second-order valence-corrected chi connectivity index (χ2v) is 5.13. The molecule has 0 bridgehead atoms. The Hall–Kier alpha value is -0.900. The summed E-state index contributed by atoms with van der Waals surface area (Å²) in [4.78, 5) is 4.22. The molecule has 0 amide bonds. The lowest BCUT2D eigenvalue weighted by atomic mass is 9.87. The molecule has 0 aliphatic heterocycles. The summed E-state index contributed by atoms with van der Waals surface area (Å²) in [6, 6.07) is 0. The van der Waals surface area contributed by atoms with Gasteiger partial charge in [0.15, 0.2) is 5.82 Å². The minimum atomic E-state index is 0.936. The molecule has 1 fully saturated rings. The van der Waals surface area contributed by atoms with E-state index in [1.54, 1.807) is 11.0 Å². The SMILES string of the molecule is Cn1cnc(CCNCCC2CCCCC2)n1. The quantitative estimate of drug-likeness (QED) is 0.767. The molecule has 1 aromatic rings. The van der Waals surface area contributed by atoms with Crippen molar-refractivity contribution in [2.45, 2.75) is 44.9 Å². The van der Waals surface area contributed by atoms with Gasteiger partial charge in [-0.15, -0.1) is 0 Å². The van der Waals surface area contributed by atoms with E-state index >= 15 is 0 Å². The van der Waals surface area contributed by atoms with Gasteiger partial charge in [0.05, 0.1) is 0 Å². The van der Waals surface area contributed by atoms with E-state index in [0.29, 0.717) is 0 Å². The Morgan fingerprint density at radius 2 is 2.12 bits per heavy atom. The lowest BCUT2D eigenvalue weighted by Crippen LogP contribution is -2.22. The van der Waals surface area contributed by atoms with Crippen molar-refractivity contribution in [3.8, 4) is 0 Å². The van der Waals surface area contributed by atoms with Crippen molar-refractivity contribution in [1.29, 1.82) is 0 Å². The molecule has 4 heteroatoms. The zero-order valence-corrected chi connectivity index (χ0v) is 10.9. The summed E-state index contributed by atoms with van der Waals surface area (Å²) in [5.41, 5.74) is 0. The highest BCUT2D eigenvalue weighted by Crippen LogP contribution is 2.25. The molecular formula is C13H24N4. The highest BCUT2D eigenvalue weighted by Gasteiger charge is 2.12. The maximum Gasteiger partial charge on any atom is 0.151 e. The van der Waals surface area contributed by atoms with Gasteiger partial charge in [-0.25, -0.2) is 4.98 Å². The highest BCUT2D eigenvalue weighted by atomic mass is 15.3. The van der Waals surface area contributed by atoms with E-state index in [1.165, 1.54) is 38.5 Å². The van der Waals surface area contributed by atoms with Gasteiger partial charge >= 0.3 is 0 Å². The fourth-order valence-corrected chi connectivity index (χ4v) is 2.61. The lowest BCUT2D eigenvalue weighted by molar-refractivity contribution is 0.334. The van der Waals surface area contributed by atoms with Crippen molar-refractivity contribution in [3.05, 3.63) is 12.2 Å². The monoisotopic (exact) mass is 236 g/mol. The van der Waals surface area contributed by atoms with Crippen molar-refractivity contribution in [3.63, 3.8) is 0 Å². The molecule has 2 rings (SSSR count). The van der Waals surface area contributed by atoms with Gasteiger partial charge in [-0.05, 0) is 18.9 Å². The molecule has 0 atom stereocenters. The fourth-order valence-electron chi connectivity index (χ4n) is 2.61. The first-order valence-electron chi connectivity index (χ1n) is 6.90. The number of aryl methyl sites for hydroxylation is 1. The third-order valence-corrected chi connectivity index (χ3v) is 3.63. The Labute approximate surface area is 104 Å². The van der Waals surface area contributed by atoms with E-state index in [4.69, 9.17) is 0 Å². The van der Waals surface area contributed by atoms with Crippen LogP contribution in [0.25, 0.3) is 0 Å². The van der Waals surface area contributed by atoms with Gasteiger partial charge in [0.2, 0.25) is 0 Å². The normalized spacial score (nSPS) is 17.5. The van der Waals surface area contributed by atoms with Crippen LogP contribution in [0, 0.1) is 5.92 Å². The van der Waals surface area contributed by atoms with Crippen LogP contribution in [-0.2, 0) is 13.5 Å². The van der Waals surface area contributed by atoms with Gasteiger partial charge in [0.25, 0.3) is 0 Å². The molecule has 1 aliphatic carbocycles. The van der Waals surface area contributed by atoms with E-state index in [-0.39, 0.29) is 0 Å². The molecular weight excluding hydrogens is 212 g/mol. The van der Waals surface area contributed by atoms with Crippen LogP contribution in [0.2, 0.25) is 0 Å². The van der Waals surface area contributed by atoms with Crippen LogP contribution in [0.1, 0.15) is 44.3 Å². The smallest absolute Gasteiger partial charge is 0.151 e. The maximum atomic E-state index is 4.26. The number of nitrogens with zero attached hydrogens (tertiary/aromatic N) is 3. The van der Waals surface area contributed by atoms with E-state index in [1.807, 2.05) is 7.05 Å². The molecule has 1 aromatic heterocycles. The average molecular weight is 236 g/mol. The number of hydrogen-bond acceptors (Lipinski definition) is 3. The molecule has 0 saturated heterocycles. The van der Waals surface area contributed by atoms with Crippen LogP contribution in [0.5, 0.6) is 0 Å². The van der Waals surface area contributed by atoms with Gasteiger partial charge in [0.1, 0.15) is 6.33 Å². The molecule has 0 aromatic carbocycles. The highest BCUT2D eigenvalue weighted by molar-refractivity contribution is 4.81. The summed E-state index contributed by atoms with van der Waals surface area (Å²) in [5.74, 6) is 1.92. The van der Waals surface area contributed by atoms with E-state index in [9.17, 15) is 0 Å². The maximum absolute atomic E-state index is 4.26. The third-order valence-electron chi connectivity index (χ3n) is 3.63. The van der Waals surface area contributed by atoms with Gasteiger partial charge in [-0.1, -0.05) is 32.1 Å². The van der Waals surface area contributed by atoms with E-state index < -0.39 is 0 Å². The minimum Gasteiger partial charge on any atom is -0.316 e. The number of nitrogens with one attached hydrogen (secondary N) is 1. The summed E-state index contributed by atoms with van der Waals surface area (Å²) in [5, 5.41) is 7.76. The number of hydrogen-bond donors (Lipinski definition) is 1. The number of aromatic nitrogens is 3. The predicted octanol–water partition coefficient (Wildman–Crippen LogP) is 1.92. The summed E-state index contributed by atoms with van der Waals surface area (Å²) in [7, 11) is 1.91. The second-order valence-electron chi connectivity index (χ2n) is 5.13. The summed E-state index contributed by atoms with van der Waals surface area (Å²) < 4.78 is 1.76. The summed E-state index contributed by atoms with van der Waals surface area (Å²) >= 11 is 0. The van der Waals surface area contributed by atoms with Crippen LogP contribution >= 0.6 is 0 Å². The molecule has 0 unspecified atom stereocenters. The summed E-state index contributed by atoms with van der Waals surface area (Å²) in [6.45, 7) is 2.15. The molecule has 4 nitrogen and oxygen atoms in total. The standard InChI is InChI=1S/C13H24N4/c1-17-11-15-13(16-17)8-10-14-9-7-12-5-3-2-4-6-12/h11-12,14H,2-10H2,1H3. The fraction of sp³-hybridized carbons (Fsp3) is 0.846. The van der Waals surface area contributed by atoms with Crippen LogP contribution in [0.15, 0.2) is 6.33 Å². The topological polar surface area (TPSA) is 42.7 Å². The Balaban J connectivity index is 1.51. The first-order valence-corrected chi connectivity index (χ1v) is 6.90. The second kappa shape index (κ2) is 6.74. The molecule has 1 N–H and O–H groups in total. The van der Waals surface area contributed by atoms with Crippen molar-refractivity contribution >= 4 is 0 Å². The Morgan fingerprint density at radius 3 is 2.82 bits per heavy atom. The molecule has 96 valence electrons. The van der Waals surface area contributed by atoms with Crippen LogP contribution in [0.3, 0.4) is 0 Å². The van der Waals surface area contributed by atoms with Crippen molar-refractivity contribution in [2.75, 3.05) is 13.1 Å². The Kier molecular flexibility index (Phi) is 4.98. The average Bonchev–Trinajstić information content (AvgIpc) is 2.76. The molecule has 0 spiro atoms. The molecule has 17 heavy (non-hydrogen) atoms. The van der Waals surface area contributed by atoms with E-state index in [2.05, 4.69) is 15.4 Å². The number of rotatable bonds is 6. The Bertz CT molecular complexity index is 315. The van der Waals surface area contributed by atoms with Crippen LogP contribution in [-0.4, -0.2) is 27.9 Å². The van der Waals surface area contributed by atoms with Gasteiger partial charge in [0, 0.05) is 20.0 Å². The van der Waals surface area contributed by atoms with Crippen LogP contribution < -0.4 is 5.32 Å². The van der Waals surface area contributed by atoms with Gasteiger partial charge in [-0.3, -0.25) is 4.68 Å². The Morgan fingerprint density at radius 1 is 1.29 bits per heavy atom. The minimum absolute atomic E-state index is 0.936. The molecule has 1 aliphatic rings. The molecule has 1 heterocycles. The lowest BCUT2D eigenvalue weighted by Gasteiger charge is -2.21. The van der Waals surface area contributed by atoms with Crippen LogP contribution in [0.4, 0.5) is 0 Å². The first-order chi connectivity index (χ1) is 8.34. The van der Waals surface area contributed by atoms with Gasteiger partial charge in [-0.2, -0.15) is 5.10 Å². The molecule has 1 saturated carbocycles. The largest absolute Gasteiger partial charge is 0.316 e.